The molecule has 0 spiro atoms. The summed E-state index contributed by atoms with van der Waals surface area (Å²) in [6.07, 6.45) is -0.384. The third kappa shape index (κ3) is 5.04. The average Bonchev–Trinajstić information content (AvgIpc) is 2.71. The van der Waals surface area contributed by atoms with E-state index in [0.29, 0.717) is 18.0 Å². The number of halogens is 1. The maximum absolute atomic E-state index is 12.5. The van der Waals surface area contributed by atoms with E-state index in [2.05, 4.69) is 5.32 Å². The first-order valence-corrected chi connectivity index (χ1v) is 9.76. The van der Waals surface area contributed by atoms with E-state index in [-0.39, 0.29) is 18.4 Å². The number of hydrogen-bond donors (Lipinski definition) is 1. The number of rotatable bonds is 6. The molecule has 0 fully saturated rings. The Bertz CT molecular complexity index is 840. The molecule has 0 radical (unpaired) electrons. The largest absolute Gasteiger partial charge is 0.492 e. The fraction of sp³-hybridized carbons (Fsp3) is 0.364. The molecule has 0 aliphatic carbocycles. The van der Waals surface area contributed by atoms with Gasteiger partial charge in [-0.1, -0.05) is 48.9 Å². The van der Waals surface area contributed by atoms with Gasteiger partial charge in [-0.15, -0.1) is 0 Å². The van der Waals surface area contributed by atoms with Crippen molar-refractivity contribution < 1.29 is 19.1 Å². The van der Waals surface area contributed by atoms with E-state index < -0.39 is 18.0 Å². The van der Waals surface area contributed by atoms with Gasteiger partial charge >= 0.3 is 5.97 Å². The van der Waals surface area contributed by atoms with Gasteiger partial charge in [0.15, 0.2) is 6.10 Å². The van der Waals surface area contributed by atoms with Gasteiger partial charge in [-0.2, -0.15) is 0 Å². The Morgan fingerprint density at radius 2 is 1.96 bits per heavy atom. The van der Waals surface area contributed by atoms with E-state index in [0.717, 1.165) is 16.9 Å². The highest BCUT2D eigenvalue weighted by Gasteiger charge is 2.30. The molecule has 6 heteroatoms. The van der Waals surface area contributed by atoms with Gasteiger partial charge in [-0.25, -0.2) is 0 Å². The fourth-order valence-corrected chi connectivity index (χ4v) is 3.33. The van der Waals surface area contributed by atoms with Gasteiger partial charge in [-0.05, 0) is 48.6 Å². The van der Waals surface area contributed by atoms with Gasteiger partial charge in [0.2, 0.25) is 0 Å². The summed E-state index contributed by atoms with van der Waals surface area (Å²) in [7, 11) is 0. The molecule has 1 aliphatic heterocycles. The van der Waals surface area contributed by atoms with Crippen LogP contribution in [-0.4, -0.2) is 31.1 Å². The van der Waals surface area contributed by atoms with Crippen LogP contribution in [0.15, 0.2) is 48.5 Å². The molecule has 3 rings (SSSR count). The quantitative estimate of drug-likeness (QED) is 0.749. The molecule has 0 aromatic heterocycles. The van der Waals surface area contributed by atoms with Crippen molar-refractivity contribution >= 4 is 23.5 Å². The number of carbonyl (C=O) groups is 2. The number of amides is 1. The van der Waals surface area contributed by atoms with Crippen LogP contribution in [0.2, 0.25) is 5.02 Å². The molecule has 0 saturated heterocycles. The van der Waals surface area contributed by atoms with Crippen molar-refractivity contribution in [2.45, 2.75) is 32.3 Å². The summed E-state index contributed by atoms with van der Waals surface area (Å²) in [5.41, 5.74) is 2.01. The standard InChI is InChI=1S/C22H24ClNO4/c1-14(16-6-4-3-5-7-16)12-24-21(25)15(2)28-22(26)18-10-17-11-19(23)8-9-20(17)27-13-18/h3-9,11,14-15,18H,10,12-13H2,1-2H3,(H,24,25)/t14-,15+,18+/m0/s1. The van der Waals surface area contributed by atoms with Gasteiger partial charge < -0.3 is 14.8 Å². The second kappa shape index (κ2) is 9.11. The summed E-state index contributed by atoms with van der Waals surface area (Å²) in [5.74, 6) is -0.305. The van der Waals surface area contributed by atoms with Crippen molar-refractivity contribution in [2.75, 3.05) is 13.2 Å². The van der Waals surface area contributed by atoms with Gasteiger partial charge in [0.05, 0.1) is 5.92 Å². The number of ether oxygens (including phenoxy) is 2. The monoisotopic (exact) mass is 401 g/mol. The first kappa shape index (κ1) is 20.2. The zero-order chi connectivity index (χ0) is 20.1. The zero-order valence-electron chi connectivity index (χ0n) is 16.0. The highest BCUT2D eigenvalue weighted by atomic mass is 35.5. The van der Waals surface area contributed by atoms with Crippen LogP contribution < -0.4 is 10.1 Å². The summed E-state index contributed by atoms with van der Waals surface area (Å²) in [5, 5.41) is 3.44. The minimum Gasteiger partial charge on any atom is -0.492 e. The minimum atomic E-state index is -0.865. The maximum atomic E-state index is 12.5. The first-order valence-electron chi connectivity index (χ1n) is 9.38. The van der Waals surface area contributed by atoms with Crippen LogP contribution in [0.4, 0.5) is 0 Å². The SMILES string of the molecule is C[C@@H](OC(=O)[C@H]1COc2ccc(Cl)cc2C1)C(=O)NC[C@H](C)c1ccccc1. The van der Waals surface area contributed by atoms with Crippen LogP contribution in [0.5, 0.6) is 5.75 Å². The van der Waals surface area contributed by atoms with Gasteiger partial charge in [-0.3, -0.25) is 9.59 Å². The molecule has 1 N–H and O–H groups in total. The van der Waals surface area contributed by atoms with Crippen molar-refractivity contribution in [3.05, 3.63) is 64.7 Å². The number of nitrogens with one attached hydrogen (secondary N) is 1. The second-order valence-corrected chi connectivity index (χ2v) is 7.54. The van der Waals surface area contributed by atoms with Crippen LogP contribution in [0.1, 0.15) is 30.9 Å². The molecule has 148 valence electrons. The zero-order valence-corrected chi connectivity index (χ0v) is 16.7. The molecule has 0 saturated carbocycles. The number of fused-ring (bicyclic) bond motifs is 1. The third-order valence-electron chi connectivity index (χ3n) is 4.88. The Morgan fingerprint density at radius 1 is 1.21 bits per heavy atom. The van der Waals surface area contributed by atoms with Crippen LogP contribution in [0, 0.1) is 5.92 Å². The lowest BCUT2D eigenvalue weighted by atomic mass is 9.97. The third-order valence-corrected chi connectivity index (χ3v) is 5.11. The van der Waals surface area contributed by atoms with Gasteiger partial charge in [0.1, 0.15) is 12.4 Å². The molecular formula is C22H24ClNO4. The summed E-state index contributed by atoms with van der Waals surface area (Å²) in [6.45, 7) is 4.32. The number of hydrogen-bond acceptors (Lipinski definition) is 4. The lowest BCUT2D eigenvalue weighted by Gasteiger charge is -2.25. The Kier molecular flexibility index (Phi) is 6.57. The molecule has 2 aromatic carbocycles. The topological polar surface area (TPSA) is 64.6 Å². The molecule has 5 nitrogen and oxygen atoms in total. The Balaban J connectivity index is 1.49. The predicted molar refractivity (Wildman–Crippen MR) is 108 cm³/mol. The molecular weight excluding hydrogens is 378 g/mol. The predicted octanol–water partition coefficient (Wildman–Crippen LogP) is 3.74. The number of benzene rings is 2. The normalized spacial score (nSPS) is 17.6. The highest BCUT2D eigenvalue weighted by molar-refractivity contribution is 6.30. The van der Waals surface area contributed by atoms with E-state index in [4.69, 9.17) is 21.1 Å². The molecule has 0 unspecified atom stereocenters. The summed E-state index contributed by atoms with van der Waals surface area (Å²) in [6, 6.07) is 15.3. The van der Waals surface area contributed by atoms with Crippen molar-refractivity contribution in [1.29, 1.82) is 0 Å². The van der Waals surface area contributed by atoms with Crippen LogP contribution >= 0.6 is 11.6 Å². The minimum absolute atomic E-state index is 0.168. The van der Waals surface area contributed by atoms with Crippen LogP contribution in [0.25, 0.3) is 0 Å². The van der Waals surface area contributed by atoms with Crippen molar-refractivity contribution in [3.63, 3.8) is 0 Å². The molecule has 28 heavy (non-hydrogen) atoms. The first-order chi connectivity index (χ1) is 13.4. The Labute approximate surface area is 170 Å². The molecule has 0 bridgehead atoms. The van der Waals surface area contributed by atoms with Gasteiger partial charge in [0.25, 0.3) is 5.91 Å². The lowest BCUT2D eigenvalue weighted by molar-refractivity contribution is -0.160. The molecule has 3 atom stereocenters. The fourth-order valence-electron chi connectivity index (χ4n) is 3.14. The lowest BCUT2D eigenvalue weighted by Crippen LogP contribution is -2.40. The van der Waals surface area contributed by atoms with Gasteiger partial charge in [0, 0.05) is 11.6 Å². The van der Waals surface area contributed by atoms with Crippen molar-refractivity contribution in [2.24, 2.45) is 5.92 Å². The summed E-state index contributed by atoms with van der Waals surface area (Å²) >= 11 is 6.01. The molecule has 1 aliphatic rings. The van der Waals surface area contributed by atoms with Crippen LogP contribution in [0.3, 0.4) is 0 Å². The Hall–Kier alpha value is -2.53. The van der Waals surface area contributed by atoms with E-state index in [1.54, 1.807) is 25.1 Å². The highest BCUT2D eigenvalue weighted by Crippen LogP contribution is 2.30. The number of esters is 1. The van der Waals surface area contributed by atoms with E-state index >= 15 is 0 Å². The van der Waals surface area contributed by atoms with E-state index in [1.807, 2.05) is 37.3 Å². The van der Waals surface area contributed by atoms with E-state index in [9.17, 15) is 9.59 Å². The molecule has 1 heterocycles. The second-order valence-electron chi connectivity index (χ2n) is 7.10. The Morgan fingerprint density at radius 3 is 2.71 bits per heavy atom. The average molecular weight is 402 g/mol. The smallest absolute Gasteiger partial charge is 0.313 e. The molecule has 2 aromatic rings. The maximum Gasteiger partial charge on any atom is 0.313 e. The van der Waals surface area contributed by atoms with Crippen molar-refractivity contribution in [3.8, 4) is 5.75 Å². The number of carbonyl (C=O) groups excluding carboxylic acids is 2. The van der Waals surface area contributed by atoms with Crippen molar-refractivity contribution in [1.82, 2.24) is 5.32 Å². The summed E-state index contributed by atoms with van der Waals surface area (Å²) < 4.78 is 11.0. The summed E-state index contributed by atoms with van der Waals surface area (Å²) in [4.78, 5) is 24.8. The van der Waals surface area contributed by atoms with E-state index in [1.165, 1.54) is 0 Å². The van der Waals surface area contributed by atoms with Crippen LogP contribution in [-0.2, 0) is 20.7 Å². The molecule has 1 amide bonds.